The van der Waals surface area contributed by atoms with Crippen molar-refractivity contribution in [1.82, 2.24) is 0 Å². The molecule has 0 aliphatic rings. The van der Waals surface area contributed by atoms with Crippen LogP contribution in [0.25, 0.3) is 0 Å². The van der Waals surface area contributed by atoms with Crippen LogP contribution in [0.3, 0.4) is 0 Å². The Labute approximate surface area is 472 Å². The molecular weight excluding hydrogens is 937 g/mol. The van der Waals surface area contributed by atoms with Crippen molar-refractivity contribution < 1.29 is 28.6 Å². The zero-order valence-electron chi connectivity index (χ0n) is 50.5. The number of rotatable bonds is 60. The van der Waals surface area contributed by atoms with Gasteiger partial charge in [0.15, 0.2) is 6.10 Å². The normalized spacial score (nSPS) is 12.5. The molecule has 0 N–H and O–H groups in total. The lowest BCUT2D eigenvalue weighted by Crippen LogP contribution is -2.30. The van der Waals surface area contributed by atoms with E-state index in [0.29, 0.717) is 19.3 Å². The van der Waals surface area contributed by atoms with E-state index < -0.39 is 6.10 Å². The molecule has 0 aromatic carbocycles. The Morgan fingerprint density at radius 2 is 0.513 bits per heavy atom. The average molecular weight is 1060 g/mol. The lowest BCUT2D eigenvalue weighted by Gasteiger charge is -2.18. The van der Waals surface area contributed by atoms with Crippen molar-refractivity contribution in [3.63, 3.8) is 0 Å². The van der Waals surface area contributed by atoms with Gasteiger partial charge >= 0.3 is 17.9 Å². The van der Waals surface area contributed by atoms with Crippen LogP contribution in [0.2, 0.25) is 0 Å². The molecule has 0 saturated heterocycles. The maximum atomic E-state index is 12.9. The Balaban J connectivity index is 4.41. The van der Waals surface area contributed by atoms with Gasteiger partial charge in [-0.15, -0.1) is 0 Å². The van der Waals surface area contributed by atoms with E-state index in [-0.39, 0.29) is 31.1 Å². The van der Waals surface area contributed by atoms with Crippen molar-refractivity contribution in [3.05, 3.63) is 72.9 Å². The first kappa shape index (κ1) is 72.8. The van der Waals surface area contributed by atoms with Crippen molar-refractivity contribution in [1.29, 1.82) is 0 Å². The first-order valence-corrected chi connectivity index (χ1v) is 32.9. The van der Waals surface area contributed by atoms with Crippen molar-refractivity contribution in [2.24, 2.45) is 0 Å². The minimum absolute atomic E-state index is 0.0846. The summed E-state index contributed by atoms with van der Waals surface area (Å²) in [6, 6.07) is 0. The van der Waals surface area contributed by atoms with Gasteiger partial charge in [-0.05, 0) is 70.6 Å². The zero-order valence-corrected chi connectivity index (χ0v) is 50.5. The Bertz CT molecular complexity index is 1400. The molecule has 0 bridgehead atoms. The summed E-state index contributed by atoms with van der Waals surface area (Å²) in [7, 11) is 0. The number of carbonyl (C=O) groups is 3. The molecule has 0 aliphatic carbocycles. The van der Waals surface area contributed by atoms with E-state index >= 15 is 0 Å². The summed E-state index contributed by atoms with van der Waals surface area (Å²) in [4.78, 5) is 38.4. The molecule has 1 atom stereocenters. The summed E-state index contributed by atoms with van der Waals surface area (Å²) in [5.41, 5.74) is 0. The summed E-state index contributed by atoms with van der Waals surface area (Å²) >= 11 is 0. The number of ether oxygens (including phenoxy) is 3. The quantitative estimate of drug-likeness (QED) is 0.0261. The number of esters is 3. The predicted molar refractivity (Wildman–Crippen MR) is 330 cm³/mol. The van der Waals surface area contributed by atoms with Gasteiger partial charge in [0.05, 0.1) is 0 Å². The third kappa shape index (κ3) is 61.7. The lowest BCUT2D eigenvalue weighted by molar-refractivity contribution is -0.167. The Hall–Kier alpha value is -3.15. The van der Waals surface area contributed by atoms with Crippen LogP contribution in [-0.4, -0.2) is 37.2 Å². The summed E-state index contributed by atoms with van der Waals surface area (Å²) in [6.07, 6.45) is 83.4. The highest BCUT2D eigenvalue weighted by Gasteiger charge is 2.19. The van der Waals surface area contributed by atoms with Gasteiger partial charge in [-0.2, -0.15) is 0 Å². The Morgan fingerprint density at radius 1 is 0.276 bits per heavy atom. The third-order valence-electron chi connectivity index (χ3n) is 14.5. The number of unbranched alkanes of at least 4 members (excludes halogenated alkanes) is 37. The van der Waals surface area contributed by atoms with Gasteiger partial charge in [-0.3, -0.25) is 14.4 Å². The predicted octanol–water partition coefficient (Wildman–Crippen LogP) is 22.5. The zero-order chi connectivity index (χ0) is 55.0. The molecule has 0 spiro atoms. The molecule has 0 aliphatic heterocycles. The molecule has 6 nitrogen and oxygen atoms in total. The molecule has 76 heavy (non-hydrogen) atoms. The van der Waals surface area contributed by atoms with Gasteiger partial charge in [0.2, 0.25) is 0 Å². The number of carbonyl (C=O) groups excluding carboxylic acids is 3. The highest BCUT2D eigenvalue weighted by atomic mass is 16.6. The van der Waals surface area contributed by atoms with E-state index in [4.69, 9.17) is 14.2 Å². The van der Waals surface area contributed by atoms with Crippen LogP contribution in [0.4, 0.5) is 0 Å². The number of hydrogen-bond donors (Lipinski definition) is 0. The van der Waals surface area contributed by atoms with E-state index in [1.165, 1.54) is 199 Å². The van der Waals surface area contributed by atoms with E-state index in [1.54, 1.807) is 0 Å². The second-order valence-electron chi connectivity index (χ2n) is 22.0. The second kappa shape index (κ2) is 64.4. The molecule has 0 heterocycles. The molecule has 0 aromatic heterocycles. The molecule has 0 amide bonds. The van der Waals surface area contributed by atoms with Gasteiger partial charge in [0.1, 0.15) is 13.2 Å². The first-order valence-electron chi connectivity index (χ1n) is 32.9. The second-order valence-corrected chi connectivity index (χ2v) is 22.0. The first-order chi connectivity index (χ1) is 37.5. The minimum Gasteiger partial charge on any atom is -0.462 e. The number of allylic oxidation sites excluding steroid dienone is 12. The highest BCUT2D eigenvalue weighted by molar-refractivity contribution is 5.71. The minimum atomic E-state index is -0.792. The summed E-state index contributed by atoms with van der Waals surface area (Å²) in [6.45, 7) is 6.55. The molecule has 0 radical (unpaired) electrons. The van der Waals surface area contributed by atoms with E-state index in [1.807, 2.05) is 0 Å². The average Bonchev–Trinajstić information content (AvgIpc) is 3.42. The maximum absolute atomic E-state index is 12.9. The molecule has 6 heteroatoms. The van der Waals surface area contributed by atoms with E-state index in [2.05, 4.69) is 93.7 Å². The van der Waals surface area contributed by atoms with E-state index in [9.17, 15) is 14.4 Å². The van der Waals surface area contributed by atoms with Gasteiger partial charge in [-0.25, -0.2) is 0 Å². The van der Waals surface area contributed by atoms with Crippen molar-refractivity contribution in [2.45, 2.75) is 341 Å². The van der Waals surface area contributed by atoms with Crippen molar-refractivity contribution in [2.75, 3.05) is 13.2 Å². The van der Waals surface area contributed by atoms with Gasteiger partial charge < -0.3 is 14.2 Å². The standard InChI is InChI=1S/C70H124O6/c1-4-7-10-13-16-19-22-25-28-31-33-35-37-39-42-45-48-51-54-57-60-63-69(72)75-66-67(65-74-68(71)62-59-56-53-50-47-44-41-30-27-24-21-18-15-12-9-6-3)76-70(73)64-61-58-55-52-49-46-43-40-38-36-34-32-29-26-23-20-17-14-11-8-5-2/h7,10,16,19,25,28,33,35,39,42,48,51,67H,4-6,8-9,11-15,17-18,20-24,26-27,29-32,34,36-38,40-41,43-47,49-50,52-66H2,1-3H3/b10-7-,19-16-,28-25-,35-33-,42-39-,51-48-. The van der Waals surface area contributed by atoms with Crippen LogP contribution in [-0.2, 0) is 28.6 Å². The molecule has 0 aromatic rings. The van der Waals surface area contributed by atoms with Gasteiger partial charge in [0, 0.05) is 19.3 Å². The smallest absolute Gasteiger partial charge is 0.306 e. The number of hydrogen-bond acceptors (Lipinski definition) is 6. The van der Waals surface area contributed by atoms with E-state index in [0.717, 1.165) is 96.3 Å². The fraction of sp³-hybridized carbons (Fsp3) is 0.786. The third-order valence-corrected chi connectivity index (χ3v) is 14.5. The summed E-state index contributed by atoms with van der Waals surface area (Å²) < 4.78 is 16.9. The van der Waals surface area contributed by atoms with Crippen LogP contribution >= 0.6 is 0 Å². The topological polar surface area (TPSA) is 78.9 Å². The van der Waals surface area contributed by atoms with Crippen LogP contribution < -0.4 is 0 Å². The molecule has 1 unspecified atom stereocenters. The molecule has 0 saturated carbocycles. The SMILES string of the molecule is CC/C=C\C/C=C\C/C=C\C/C=C\C/C=C\C/C=C\CCCCC(=O)OCC(COC(=O)CCCCCCCCCCCCCCCCCC)OC(=O)CCCCCCCCCCCCCCCCCCCCCCC. The Kier molecular flexibility index (Phi) is 61.7. The van der Waals surface area contributed by atoms with Crippen molar-refractivity contribution >= 4 is 17.9 Å². The fourth-order valence-electron chi connectivity index (χ4n) is 9.57. The highest BCUT2D eigenvalue weighted by Crippen LogP contribution is 2.18. The van der Waals surface area contributed by atoms with Gasteiger partial charge in [0.25, 0.3) is 0 Å². The molecule has 0 fully saturated rings. The Morgan fingerprint density at radius 3 is 0.803 bits per heavy atom. The molecule has 440 valence electrons. The lowest BCUT2D eigenvalue weighted by atomic mass is 10.0. The molecule has 0 rings (SSSR count). The van der Waals surface area contributed by atoms with Gasteiger partial charge in [-0.1, -0.05) is 318 Å². The monoisotopic (exact) mass is 1060 g/mol. The van der Waals surface area contributed by atoms with Crippen LogP contribution in [0.15, 0.2) is 72.9 Å². The maximum Gasteiger partial charge on any atom is 0.306 e. The van der Waals surface area contributed by atoms with Crippen LogP contribution in [0.1, 0.15) is 335 Å². The summed E-state index contributed by atoms with van der Waals surface area (Å²) in [5, 5.41) is 0. The molecular formula is C70H124O6. The van der Waals surface area contributed by atoms with Crippen LogP contribution in [0.5, 0.6) is 0 Å². The largest absolute Gasteiger partial charge is 0.462 e. The van der Waals surface area contributed by atoms with Crippen LogP contribution in [0, 0.1) is 0 Å². The summed E-state index contributed by atoms with van der Waals surface area (Å²) in [5.74, 6) is -0.909. The van der Waals surface area contributed by atoms with Crippen molar-refractivity contribution in [3.8, 4) is 0 Å². The fourth-order valence-corrected chi connectivity index (χ4v) is 9.57.